The van der Waals surface area contributed by atoms with Gasteiger partial charge in [-0.25, -0.2) is 4.68 Å². The molecule has 1 unspecified atom stereocenters. The van der Waals surface area contributed by atoms with E-state index < -0.39 is 0 Å². The van der Waals surface area contributed by atoms with Gasteiger partial charge in [0.1, 0.15) is 0 Å². The van der Waals surface area contributed by atoms with E-state index >= 15 is 0 Å². The Hall–Kier alpha value is -2.74. The number of carbonyl (C=O) groups is 2. The van der Waals surface area contributed by atoms with Crippen LogP contribution in [0.25, 0.3) is 0 Å². The summed E-state index contributed by atoms with van der Waals surface area (Å²) in [6, 6.07) is 9.77. The maximum absolute atomic E-state index is 12.3. The Morgan fingerprint density at radius 1 is 1.23 bits per heavy atom. The molecule has 2 aliphatic rings. The number of aromatic nitrogens is 3. The Morgan fingerprint density at radius 2 is 2.04 bits per heavy atom. The average molecular weight is 355 g/mol. The van der Waals surface area contributed by atoms with Crippen LogP contribution in [0.1, 0.15) is 28.5 Å². The number of likely N-dealkylation sites (tertiary alicyclic amines) is 1. The Balaban J connectivity index is 1.28. The summed E-state index contributed by atoms with van der Waals surface area (Å²) in [5.41, 5.74) is 1.31. The molecule has 0 aliphatic carbocycles. The van der Waals surface area contributed by atoms with Gasteiger partial charge in [0.05, 0.1) is 24.8 Å². The summed E-state index contributed by atoms with van der Waals surface area (Å²) < 4.78 is 6.95. The van der Waals surface area contributed by atoms with E-state index in [1.54, 1.807) is 10.9 Å². The molecule has 0 bridgehead atoms. The molecule has 2 aliphatic heterocycles. The van der Waals surface area contributed by atoms with Gasteiger partial charge < -0.3 is 15.0 Å². The van der Waals surface area contributed by atoms with Crippen molar-refractivity contribution >= 4 is 11.8 Å². The van der Waals surface area contributed by atoms with Gasteiger partial charge in [-0.05, 0) is 12.0 Å². The maximum atomic E-state index is 12.3. The minimum atomic E-state index is -0.254. The Kier molecular flexibility index (Phi) is 4.66. The number of amides is 2. The van der Waals surface area contributed by atoms with Crippen molar-refractivity contribution in [2.24, 2.45) is 5.92 Å². The average Bonchev–Trinajstić information content (AvgIpc) is 3.31. The molecule has 8 nitrogen and oxygen atoms in total. The summed E-state index contributed by atoms with van der Waals surface area (Å²) in [6.45, 7) is 2.84. The molecule has 2 saturated heterocycles. The van der Waals surface area contributed by atoms with Crippen LogP contribution in [0.2, 0.25) is 0 Å². The maximum Gasteiger partial charge on any atom is 0.273 e. The van der Waals surface area contributed by atoms with Crippen molar-refractivity contribution in [1.82, 2.24) is 25.2 Å². The van der Waals surface area contributed by atoms with E-state index in [2.05, 4.69) is 15.6 Å². The third-order valence-corrected chi connectivity index (χ3v) is 4.87. The number of nitrogens with zero attached hydrogens (tertiary/aromatic N) is 4. The standard InChI is InChI=1S/C18H21N5O3/c24-17(19-8-13-4-2-1-3-5-13)16-11-23(21-20-16)15-9-22(10-15)18(25)14-6-7-26-12-14/h1-5,11,14-15H,6-10,12H2,(H,19,24). The molecular formula is C18H21N5O3. The summed E-state index contributed by atoms with van der Waals surface area (Å²) >= 11 is 0. The van der Waals surface area contributed by atoms with E-state index in [0.29, 0.717) is 32.8 Å². The van der Waals surface area contributed by atoms with Gasteiger partial charge in [-0.3, -0.25) is 9.59 Å². The summed E-state index contributed by atoms with van der Waals surface area (Å²) in [5.74, 6) is -0.110. The highest BCUT2D eigenvalue weighted by molar-refractivity contribution is 5.91. The van der Waals surface area contributed by atoms with Gasteiger partial charge in [-0.2, -0.15) is 0 Å². The summed E-state index contributed by atoms with van der Waals surface area (Å²) in [5, 5.41) is 10.8. The predicted molar refractivity (Wildman–Crippen MR) is 92.2 cm³/mol. The second kappa shape index (κ2) is 7.25. The zero-order chi connectivity index (χ0) is 17.9. The number of benzene rings is 1. The molecule has 0 radical (unpaired) electrons. The molecule has 26 heavy (non-hydrogen) atoms. The second-order valence-corrected chi connectivity index (χ2v) is 6.71. The first kappa shape index (κ1) is 16.7. The molecule has 0 spiro atoms. The quantitative estimate of drug-likeness (QED) is 0.850. The van der Waals surface area contributed by atoms with Crippen LogP contribution in [0, 0.1) is 5.92 Å². The molecule has 2 fully saturated rings. The normalized spacial score (nSPS) is 20.0. The number of rotatable bonds is 5. The minimum absolute atomic E-state index is 0.00831. The highest BCUT2D eigenvalue weighted by Crippen LogP contribution is 2.25. The third kappa shape index (κ3) is 3.45. The van der Waals surface area contributed by atoms with Crippen LogP contribution >= 0.6 is 0 Å². The lowest BCUT2D eigenvalue weighted by atomic mass is 10.0. The summed E-state index contributed by atoms with van der Waals surface area (Å²) in [6.07, 6.45) is 2.44. The SMILES string of the molecule is O=C(NCc1ccccc1)c1cn(C2CN(C(=O)C3CCOC3)C2)nn1. The molecule has 0 saturated carbocycles. The molecule has 2 amide bonds. The highest BCUT2D eigenvalue weighted by atomic mass is 16.5. The number of hydrogen-bond donors (Lipinski definition) is 1. The predicted octanol–water partition coefficient (Wildman–Crippen LogP) is 0.628. The van der Waals surface area contributed by atoms with Crippen LogP contribution in [0.15, 0.2) is 36.5 Å². The fourth-order valence-corrected chi connectivity index (χ4v) is 3.22. The van der Waals surface area contributed by atoms with Crippen molar-refractivity contribution in [2.45, 2.75) is 19.0 Å². The van der Waals surface area contributed by atoms with E-state index in [0.717, 1.165) is 12.0 Å². The number of ether oxygens (including phenoxy) is 1. The first-order chi connectivity index (χ1) is 12.7. The van der Waals surface area contributed by atoms with Crippen LogP contribution in [0.3, 0.4) is 0 Å². The molecular weight excluding hydrogens is 334 g/mol. The lowest BCUT2D eigenvalue weighted by Crippen LogP contribution is -2.52. The van der Waals surface area contributed by atoms with Crippen LogP contribution in [0.5, 0.6) is 0 Å². The lowest BCUT2D eigenvalue weighted by molar-refractivity contribution is -0.141. The van der Waals surface area contributed by atoms with Gasteiger partial charge in [0.2, 0.25) is 5.91 Å². The number of carbonyl (C=O) groups excluding carboxylic acids is 2. The van der Waals surface area contributed by atoms with Crippen LogP contribution < -0.4 is 5.32 Å². The first-order valence-corrected chi connectivity index (χ1v) is 8.81. The van der Waals surface area contributed by atoms with E-state index in [9.17, 15) is 9.59 Å². The smallest absolute Gasteiger partial charge is 0.273 e. The van der Waals surface area contributed by atoms with E-state index in [4.69, 9.17) is 4.74 Å². The van der Waals surface area contributed by atoms with Crippen molar-refractivity contribution in [2.75, 3.05) is 26.3 Å². The zero-order valence-electron chi connectivity index (χ0n) is 14.4. The largest absolute Gasteiger partial charge is 0.381 e. The molecule has 1 aromatic carbocycles. The Morgan fingerprint density at radius 3 is 2.77 bits per heavy atom. The molecule has 1 N–H and O–H groups in total. The molecule has 1 aromatic heterocycles. The number of hydrogen-bond acceptors (Lipinski definition) is 5. The Labute approximate surface area is 151 Å². The van der Waals surface area contributed by atoms with E-state index in [1.807, 2.05) is 35.2 Å². The number of nitrogens with one attached hydrogen (secondary N) is 1. The molecule has 4 rings (SSSR count). The fourth-order valence-electron chi connectivity index (χ4n) is 3.22. The van der Waals surface area contributed by atoms with Crippen molar-refractivity contribution in [3.05, 3.63) is 47.8 Å². The lowest BCUT2D eigenvalue weighted by Gasteiger charge is -2.40. The van der Waals surface area contributed by atoms with E-state index in [1.165, 1.54) is 0 Å². The first-order valence-electron chi connectivity index (χ1n) is 8.81. The fraction of sp³-hybridized carbons (Fsp3) is 0.444. The van der Waals surface area contributed by atoms with Crippen molar-refractivity contribution in [3.63, 3.8) is 0 Å². The minimum Gasteiger partial charge on any atom is -0.381 e. The molecule has 136 valence electrons. The molecule has 1 atom stereocenters. The van der Waals surface area contributed by atoms with Gasteiger partial charge in [0.25, 0.3) is 5.91 Å². The highest BCUT2D eigenvalue weighted by Gasteiger charge is 2.37. The van der Waals surface area contributed by atoms with Crippen LogP contribution in [-0.2, 0) is 16.1 Å². The van der Waals surface area contributed by atoms with Gasteiger partial charge in [-0.15, -0.1) is 5.10 Å². The van der Waals surface area contributed by atoms with Gasteiger partial charge in [-0.1, -0.05) is 35.5 Å². The molecule has 3 heterocycles. The third-order valence-electron chi connectivity index (χ3n) is 4.87. The monoisotopic (exact) mass is 355 g/mol. The van der Waals surface area contributed by atoms with Crippen LogP contribution in [-0.4, -0.2) is 58.0 Å². The van der Waals surface area contributed by atoms with Crippen molar-refractivity contribution in [3.8, 4) is 0 Å². The summed E-state index contributed by atoms with van der Waals surface area (Å²) in [7, 11) is 0. The van der Waals surface area contributed by atoms with Crippen molar-refractivity contribution in [1.29, 1.82) is 0 Å². The van der Waals surface area contributed by atoms with E-state index in [-0.39, 0.29) is 29.5 Å². The molecule has 2 aromatic rings. The topological polar surface area (TPSA) is 89.4 Å². The van der Waals surface area contributed by atoms with Gasteiger partial charge >= 0.3 is 0 Å². The Bertz CT molecular complexity index is 779. The second-order valence-electron chi connectivity index (χ2n) is 6.71. The van der Waals surface area contributed by atoms with Crippen molar-refractivity contribution < 1.29 is 14.3 Å². The zero-order valence-corrected chi connectivity index (χ0v) is 14.4. The molecule has 8 heteroatoms. The van der Waals surface area contributed by atoms with Crippen LogP contribution in [0.4, 0.5) is 0 Å². The van der Waals surface area contributed by atoms with Gasteiger partial charge in [0, 0.05) is 26.2 Å². The summed E-state index contributed by atoms with van der Waals surface area (Å²) in [4.78, 5) is 26.3. The van der Waals surface area contributed by atoms with Gasteiger partial charge in [0.15, 0.2) is 5.69 Å².